The van der Waals surface area contributed by atoms with Gasteiger partial charge >= 0.3 is 0 Å². The molecule has 21 heavy (non-hydrogen) atoms. The van der Waals surface area contributed by atoms with Crippen LogP contribution in [0.3, 0.4) is 0 Å². The minimum absolute atomic E-state index is 0.145. The van der Waals surface area contributed by atoms with Crippen molar-refractivity contribution in [1.82, 2.24) is 4.98 Å². The van der Waals surface area contributed by atoms with Crippen molar-refractivity contribution in [3.63, 3.8) is 0 Å². The zero-order chi connectivity index (χ0) is 15.8. The van der Waals surface area contributed by atoms with Crippen molar-refractivity contribution in [1.29, 1.82) is 0 Å². The van der Waals surface area contributed by atoms with Gasteiger partial charge in [0.2, 0.25) is 4.34 Å². The molecular formula is C15H20N2O2S2. The number of sulfonamides is 1. The molecule has 0 bridgehead atoms. The van der Waals surface area contributed by atoms with E-state index in [0.29, 0.717) is 5.69 Å². The first-order valence-corrected chi connectivity index (χ1v) is 9.09. The molecular weight excluding hydrogens is 304 g/mol. The summed E-state index contributed by atoms with van der Waals surface area (Å²) in [6, 6.07) is 5.53. The highest BCUT2D eigenvalue weighted by Gasteiger charge is 2.30. The van der Waals surface area contributed by atoms with Crippen LogP contribution in [0.2, 0.25) is 0 Å². The smallest absolute Gasteiger partial charge is 0.262 e. The van der Waals surface area contributed by atoms with Gasteiger partial charge in [-0.2, -0.15) is 8.42 Å². The molecule has 2 rings (SSSR count). The largest absolute Gasteiger partial charge is 0.291 e. The average Bonchev–Trinajstić information content (AvgIpc) is 2.80. The molecule has 0 aliphatic rings. The van der Waals surface area contributed by atoms with Crippen LogP contribution in [-0.2, 0) is 10.0 Å². The maximum Gasteiger partial charge on any atom is 0.291 e. The summed E-state index contributed by atoms with van der Waals surface area (Å²) in [6.07, 6.45) is 0. The highest BCUT2D eigenvalue weighted by Crippen LogP contribution is 2.29. The average molecular weight is 324 g/mol. The van der Waals surface area contributed by atoms with Gasteiger partial charge in [0, 0.05) is 17.1 Å². The Labute approximate surface area is 130 Å². The third-order valence-electron chi connectivity index (χ3n) is 3.29. The molecule has 0 N–H and O–H groups in total. The third kappa shape index (κ3) is 3.11. The zero-order valence-corrected chi connectivity index (χ0v) is 14.5. The van der Waals surface area contributed by atoms with E-state index in [0.717, 1.165) is 28.2 Å². The van der Waals surface area contributed by atoms with Gasteiger partial charge in [-0.25, -0.2) is 4.98 Å². The van der Waals surface area contributed by atoms with E-state index in [9.17, 15) is 8.42 Å². The van der Waals surface area contributed by atoms with Crippen LogP contribution < -0.4 is 4.31 Å². The molecule has 1 aromatic carbocycles. The van der Waals surface area contributed by atoms with Gasteiger partial charge in [0.15, 0.2) is 0 Å². The Kier molecular flexibility index (Phi) is 4.39. The Morgan fingerprint density at radius 3 is 2.29 bits per heavy atom. The van der Waals surface area contributed by atoms with Gasteiger partial charge in [-0.05, 0) is 57.9 Å². The van der Waals surface area contributed by atoms with Gasteiger partial charge in [-0.1, -0.05) is 6.07 Å². The van der Waals surface area contributed by atoms with Gasteiger partial charge in [0.1, 0.15) is 0 Å². The predicted molar refractivity (Wildman–Crippen MR) is 87.6 cm³/mol. The predicted octanol–water partition coefficient (Wildman–Crippen LogP) is 3.67. The SMILES string of the molecule is Cc1csc(S(=O)(=O)N(c2ccc(C)c(C)c2)C(C)C)n1. The molecule has 1 aromatic heterocycles. The fraction of sp³-hybridized carbons (Fsp3) is 0.400. The first-order valence-electron chi connectivity index (χ1n) is 6.77. The van der Waals surface area contributed by atoms with Crippen molar-refractivity contribution in [2.75, 3.05) is 4.31 Å². The van der Waals surface area contributed by atoms with Crippen LogP contribution in [0.5, 0.6) is 0 Å². The monoisotopic (exact) mass is 324 g/mol. The first kappa shape index (κ1) is 16.0. The maximum absolute atomic E-state index is 12.9. The topological polar surface area (TPSA) is 50.3 Å². The number of aromatic nitrogens is 1. The van der Waals surface area contributed by atoms with E-state index in [1.165, 1.54) is 4.31 Å². The Morgan fingerprint density at radius 1 is 1.14 bits per heavy atom. The number of nitrogens with zero attached hydrogens (tertiary/aromatic N) is 2. The molecule has 0 radical (unpaired) electrons. The van der Waals surface area contributed by atoms with Crippen LogP contribution >= 0.6 is 11.3 Å². The lowest BCUT2D eigenvalue weighted by atomic mass is 10.1. The van der Waals surface area contributed by atoms with Crippen LogP contribution in [0.25, 0.3) is 0 Å². The van der Waals surface area contributed by atoms with Gasteiger partial charge < -0.3 is 0 Å². The summed E-state index contributed by atoms with van der Waals surface area (Å²) >= 11 is 1.16. The fourth-order valence-corrected chi connectivity index (χ4v) is 4.88. The van der Waals surface area contributed by atoms with Crippen molar-refractivity contribution >= 4 is 27.0 Å². The third-order valence-corrected chi connectivity index (χ3v) is 6.65. The maximum atomic E-state index is 12.9. The standard InChI is InChI=1S/C15H20N2O2S2/c1-10(2)17(14-7-6-11(3)12(4)8-14)21(18,19)15-16-13(5)9-20-15/h6-10H,1-5H3. The molecule has 0 saturated heterocycles. The van der Waals surface area contributed by atoms with Crippen molar-refractivity contribution in [2.24, 2.45) is 0 Å². The van der Waals surface area contributed by atoms with E-state index in [4.69, 9.17) is 0 Å². The van der Waals surface area contributed by atoms with E-state index in [1.54, 1.807) is 12.3 Å². The Morgan fingerprint density at radius 2 is 1.81 bits per heavy atom. The number of thiazole rings is 1. The molecule has 0 saturated carbocycles. The second kappa shape index (κ2) is 5.77. The molecule has 0 aliphatic carbocycles. The Bertz CT molecular complexity index is 749. The summed E-state index contributed by atoms with van der Waals surface area (Å²) in [7, 11) is -3.62. The summed E-state index contributed by atoms with van der Waals surface area (Å²) in [5, 5.41) is 1.76. The minimum atomic E-state index is -3.62. The zero-order valence-electron chi connectivity index (χ0n) is 12.9. The second-order valence-corrected chi connectivity index (χ2v) is 8.26. The summed E-state index contributed by atoms with van der Waals surface area (Å²) in [4.78, 5) is 4.14. The molecule has 6 heteroatoms. The molecule has 0 atom stereocenters. The molecule has 0 aliphatic heterocycles. The number of hydrogen-bond acceptors (Lipinski definition) is 4. The summed E-state index contributed by atoms with van der Waals surface area (Å²) in [5.41, 5.74) is 3.62. The van der Waals surface area contributed by atoms with E-state index < -0.39 is 10.0 Å². The Hall–Kier alpha value is -1.40. The molecule has 4 nitrogen and oxygen atoms in total. The van der Waals surface area contributed by atoms with Crippen LogP contribution in [0.15, 0.2) is 27.9 Å². The molecule has 1 heterocycles. The van der Waals surface area contributed by atoms with Gasteiger partial charge in [-0.15, -0.1) is 11.3 Å². The second-order valence-electron chi connectivity index (χ2n) is 5.42. The highest BCUT2D eigenvalue weighted by molar-refractivity contribution is 7.94. The molecule has 0 fully saturated rings. The van der Waals surface area contributed by atoms with Crippen LogP contribution in [0.1, 0.15) is 30.7 Å². The van der Waals surface area contributed by atoms with E-state index in [-0.39, 0.29) is 10.4 Å². The molecule has 0 unspecified atom stereocenters. The summed E-state index contributed by atoms with van der Waals surface area (Å²) in [6.45, 7) is 9.53. The van der Waals surface area contributed by atoms with Crippen LogP contribution in [0.4, 0.5) is 5.69 Å². The van der Waals surface area contributed by atoms with E-state index >= 15 is 0 Å². The molecule has 2 aromatic rings. The molecule has 0 spiro atoms. The van der Waals surface area contributed by atoms with Gasteiger partial charge in [0.25, 0.3) is 10.0 Å². The lowest BCUT2D eigenvalue weighted by molar-refractivity contribution is 0.583. The van der Waals surface area contributed by atoms with Crippen LogP contribution in [-0.4, -0.2) is 19.4 Å². The lowest BCUT2D eigenvalue weighted by Gasteiger charge is -2.27. The lowest BCUT2D eigenvalue weighted by Crippen LogP contribution is -2.37. The van der Waals surface area contributed by atoms with Crippen LogP contribution in [0, 0.1) is 20.8 Å². The number of anilines is 1. The Balaban J connectivity index is 2.55. The van der Waals surface area contributed by atoms with E-state index in [2.05, 4.69) is 4.98 Å². The van der Waals surface area contributed by atoms with Crippen molar-refractivity contribution in [3.05, 3.63) is 40.4 Å². The highest BCUT2D eigenvalue weighted by atomic mass is 32.2. The minimum Gasteiger partial charge on any atom is -0.262 e. The van der Waals surface area contributed by atoms with E-state index in [1.807, 2.05) is 45.9 Å². The van der Waals surface area contributed by atoms with Crippen molar-refractivity contribution in [3.8, 4) is 0 Å². The summed E-state index contributed by atoms with van der Waals surface area (Å²) < 4.78 is 27.3. The fourth-order valence-electron chi connectivity index (χ4n) is 2.11. The normalized spacial score (nSPS) is 11.9. The summed E-state index contributed by atoms with van der Waals surface area (Å²) in [5.74, 6) is 0. The number of hydrogen-bond donors (Lipinski definition) is 0. The van der Waals surface area contributed by atoms with Gasteiger partial charge in [0.05, 0.1) is 5.69 Å². The number of rotatable bonds is 4. The quantitative estimate of drug-likeness (QED) is 0.862. The molecule has 0 amide bonds. The van der Waals surface area contributed by atoms with Crippen molar-refractivity contribution < 1.29 is 8.42 Å². The first-order chi connectivity index (χ1) is 9.73. The van der Waals surface area contributed by atoms with Gasteiger partial charge in [-0.3, -0.25) is 4.31 Å². The molecule has 114 valence electrons. The number of benzene rings is 1. The number of aryl methyl sites for hydroxylation is 3. The van der Waals surface area contributed by atoms with Crippen molar-refractivity contribution in [2.45, 2.75) is 45.0 Å².